The lowest BCUT2D eigenvalue weighted by Gasteiger charge is -2.36. The lowest BCUT2D eigenvalue weighted by Crippen LogP contribution is -2.39. The number of nitrogens with zero attached hydrogens (tertiary/aromatic N) is 2. The van der Waals surface area contributed by atoms with Gasteiger partial charge in [0.25, 0.3) is 5.91 Å². The van der Waals surface area contributed by atoms with Crippen molar-refractivity contribution in [2.24, 2.45) is 0 Å². The highest BCUT2D eigenvalue weighted by Crippen LogP contribution is 2.40. The summed E-state index contributed by atoms with van der Waals surface area (Å²) in [6.07, 6.45) is 3.26. The van der Waals surface area contributed by atoms with Gasteiger partial charge in [-0.05, 0) is 60.9 Å². The third kappa shape index (κ3) is 3.81. The van der Waals surface area contributed by atoms with Crippen LogP contribution in [0.5, 0.6) is 23.1 Å². The smallest absolute Gasteiger partial charge is 0.259 e. The van der Waals surface area contributed by atoms with E-state index in [9.17, 15) is 4.79 Å². The molecule has 1 amide bonds. The molecule has 0 aliphatic carbocycles. The maximum atomic E-state index is 13.5. The molecule has 3 aromatic rings. The van der Waals surface area contributed by atoms with Gasteiger partial charge in [-0.1, -0.05) is 18.2 Å². The zero-order valence-electron chi connectivity index (χ0n) is 17.4. The monoisotopic (exact) mass is 416 g/mol. The zero-order valence-corrected chi connectivity index (χ0v) is 17.4. The minimum atomic E-state index is -0.0989. The van der Waals surface area contributed by atoms with Crippen molar-refractivity contribution in [3.8, 4) is 23.1 Å². The Balaban J connectivity index is 1.43. The van der Waals surface area contributed by atoms with Gasteiger partial charge in [0.15, 0.2) is 11.5 Å². The van der Waals surface area contributed by atoms with Gasteiger partial charge in [-0.25, -0.2) is 4.98 Å². The summed E-state index contributed by atoms with van der Waals surface area (Å²) in [4.78, 5) is 19.7. The Morgan fingerprint density at radius 3 is 2.65 bits per heavy atom. The van der Waals surface area contributed by atoms with E-state index in [-0.39, 0.29) is 11.9 Å². The molecule has 2 aliphatic rings. The van der Waals surface area contributed by atoms with Crippen LogP contribution in [-0.2, 0) is 6.42 Å². The molecule has 0 saturated carbocycles. The molecule has 1 aromatic heterocycles. The summed E-state index contributed by atoms with van der Waals surface area (Å²) in [5, 5.41) is 0. The highest BCUT2D eigenvalue weighted by atomic mass is 16.5. The van der Waals surface area contributed by atoms with E-state index in [2.05, 4.69) is 11.1 Å². The van der Waals surface area contributed by atoms with Gasteiger partial charge in [-0.2, -0.15) is 0 Å². The van der Waals surface area contributed by atoms with Gasteiger partial charge < -0.3 is 19.1 Å². The number of fused-ring (bicyclic) bond motifs is 2. The van der Waals surface area contributed by atoms with Crippen molar-refractivity contribution in [2.75, 3.05) is 19.8 Å². The first-order chi connectivity index (χ1) is 15.2. The first kappa shape index (κ1) is 19.4. The van der Waals surface area contributed by atoms with Gasteiger partial charge in [0.2, 0.25) is 5.88 Å². The minimum absolute atomic E-state index is 0.0932. The van der Waals surface area contributed by atoms with E-state index in [0.29, 0.717) is 37.0 Å². The van der Waals surface area contributed by atoms with Crippen LogP contribution in [0.4, 0.5) is 0 Å². The van der Waals surface area contributed by atoms with Gasteiger partial charge in [0.05, 0.1) is 19.3 Å². The Kier molecular flexibility index (Phi) is 5.20. The molecule has 0 N–H and O–H groups in total. The first-order valence-corrected chi connectivity index (χ1v) is 10.6. The van der Waals surface area contributed by atoms with E-state index >= 15 is 0 Å². The number of carbonyl (C=O) groups is 1. The first-order valence-electron chi connectivity index (χ1n) is 10.6. The standard InChI is InChI=1S/C25H24N2O4/c1-17-21-16-23-22(29-13-6-14-30-23)15-18(21)10-12-27(17)25(28)20-9-5-11-26-24(20)31-19-7-3-2-4-8-19/h2-5,7-9,11,15-17H,6,10,12-14H2,1H3. The molecule has 3 heterocycles. The third-order valence-electron chi connectivity index (χ3n) is 5.77. The van der Waals surface area contributed by atoms with Crippen LogP contribution in [-0.4, -0.2) is 35.5 Å². The molecular formula is C25H24N2O4. The second-order valence-electron chi connectivity index (χ2n) is 7.74. The van der Waals surface area contributed by atoms with Crippen LogP contribution in [0.2, 0.25) is 0 Å². The summed E-state index contributed by atoms with van der Waals surface area (Å²) in [7, 11) is 0. The Morgan fingerprint density at radius 1 is 1.06 bits per heavy atom. The molecule has 0 fully saturated rings. The lowest BCUT2D eigenvalue weighted by atomic mass is 9.92. The molecule has 5 rings (SSSR count). The predicted octanol–water partition coefficient (Wildman–Crippen LogP) is 4.79. The topological polar surface area (TPSA) is 60.9 Å². The van der Waals surface area contributed by atoms with E-state index in [1.54, 1.807) is 18.3 Å². The van der Waals surface area contributed by atoms with Crippen molar-refractivity contribution in [3.63, 3.8) is 0 Å². The normalized spacial score (nSPS) is 17.5. The Bertz CT molecular complexity index is 1100. The molecule has 1 unspecified atom stereocenters. The molecule has 6 heteroatoms. The molecule has 0 bridgehead atoms. The quantitative estimate of drug-likeness (QED) is 0.614. The van der Waals surface area contributed by atoms with Gasteiger partial charge in [0.1, 0.15) is 11.3 Å². The number of benzene rings is 2. The third-order valence-corrected chi connectivity index (χ3v) is 5.77. The number of para-hydroxylation sites is 1. The van der Waals surface area contributed by atoms with Crippen molar-refractivity contribution in [3.05, 3.63) is 77.5 Å². The minimum Gasteiger partial charge on any atom is -0.490 e. The predicted molar refractivity (Wildman–Crippen MR) is 116 cm³/mol. The molecule has 158 valence electrons. The van der Waals surface area contributed by atoms with Crippen LogP contribution < -0.4 is 14.2 Å². The molecule has 0 radical (unpaired) electrons. The van der Waals surface area contributed by atoms with Crippen LogP contribution in [0.3, 0.4) is 0 Å². The summed E-state index contributed by atoms with van der Waals surface area (Å²) in [5.74, 6) is 2.42. The zero-order chi connectivity index (χ0) is 21.2. The number of pyridine rings is 1. The summed E-state index contributed by atoms with van der Waals surface area (Å²) in [5.41, 5.74) is 2.75. The SMILES string of the molecule is CC1c2cc3c(cc2CCN1C(=O)c1cccnc1Oc1ccccc1)OCCCO3. The highest BCUT2D eigenvalue weighted by Gasteiger charge is 2.31. The Hall–Kier alpha value is -3.54. The molecule has 0 spiro atoms. The van der Waals surface area contributed by atoms with E-state index in [1.165, 1.54) is 5.56 Å². The van der Waals surface area contributed by atoms with Gasteiger partial charge in [-0.3, -0.25) is 4.79 Å². The van der Waals surface area contributed by atoms with Crippen molar-refractivity contribution in [1.29, 1.82) is 0 Å². The second kappa shape index (κ2) is 8.30. The number of hydrogen-bond donors (Lipinski definition) is 0. The summed E-state index contributed by atoms with van der Waals surface area (Å²) in [6.45, 7) is 3.97. The summed E-state index contributed by atoms with van der Waals surface area (Å²) in [6, 6.07) is 16.9. The Morgan fingerprint density at radius 2 is 1.84 bits per heavy atom. The maximum absolute atomic E-state index is 13.5. The fraction of sp³-hybridized carbons (Fsp3) is 0.280. The number of rotatable bonds is 3. The average Bonchev–Trinajstić information content (AvgIpc) is 3.04. The summed E-state index contributed by atoms with van der Waals surface area (Å²) < 4.78 is 17.6. The van der Waals surface area contributed by atoms with Crippen LogP contribution in [0, 0.1) is 0 Å². The van der Waals surface area contributed by atoms with Crippen molar-refractivity contribution < 1.29 is 19.0 Å². The molecule has 6 nitrogen and oxygen atoms in total. The number of aromatic nitrogens is 1. The van der Waals surface area contributed by atoms with Gasteiger partial charge in [-0.15, -0.1) is 0 Å². The van der Waals surface area contributed by atoms with Crippen molar-refractivity contribution in [2.45, 2.75) is 25.8 Å². The number of ether oxygens (including phenoxy) is 3. The van der Waals surface area contributed by atoms with Crippen LogP contribution in [0.15, 0.2) is 60.8 Å². The molecule has 2 aliphatic heterocycles. The molecule has 2 aromatic carbocycles. The number of hydrogen-bond acceptors (Lipinski definition) is 5. The largest absolute Gasteiger partial charge is 0.490 e. The van der Waals surface area contributed by atoms with Crippen LogP contribution in [0.1, 0.15) is 40.9 Å². The fourth-order valence-corrected chi connectivity index (χ4v) is 4.14. The van der Waals surface area contributed by atoms with E-state index in [4.69, 9.17) is 14.2 Å². The van der Waals surface area contributed by atoms with Gasteiger partial charge >= 0.3 is 0 Å². The van der Waals surface area contributed by atoms with Gasteiger partial charge in [0, 0.05) is 19.2 Å². The summed E-state index contributed by atoms with van der Waals surface area (Å²) >= 11 is 0. The van der Waals surface area contributed by atoms with E-state index in [1.807, 2.05) is 48.2 Å². The molecule has 1 atom stereocenters. The van der Waals surface area contributed by atoms with Crippen LogP contribution in [0.25, 0.3) is 0 Å². The number of amides is 1. The second-order valence-corrected chi connectivity index (χ2v) is 7.74. The number of carbonyl (C=O) groups excluding carboxylic acids is 1. The van der Waals surface area contributed by atoms with E-state index in [0.717, 1.165) is 29.9 Å². The molecule has 0 saturated heterocycles. The fourth-order valence-electron chi connectivity index (χ4n) is 4.14. The highest BCUT2D eigenvalue weighted by molar-refractivity contribution is 5.97. The van der Waals surface area contributed by atoms with E-state index < -0.39 is 0 Å². The molecular weight excluding hydrogens is 392 g/mol. The lowest BCUT2D eigenvalue weighted by molar-refractivity contribution is 0.0674. The maximum Gasteiger partial charge on any atom is 0.259 e. The van der Waals surface area contributed by atoms with Crippen molar-refractivity contribution in [1.82, 2.24) is 9.88 Å². The molecule has 31 heavy (non-hydrogen) atoms. The van der Waals surface area contributed by atoms with Crippen molar-refractivity contribution >= 4 is 5.91 Å². The Labute approximate surface area is 181 Å². The average molecular weight is 416 g/mol. The van der Waals surface area contributed by atoms with Crippen LogP contribution >= 0.6 is 0 Å².